The summed E-state index contributed by atoms with van der Waals surface area (Å²) in [5.74, 6) is -0.530. The molecule has 0 radical (unpaired) electrons. The molecule has 1 N–H and O–H groups in total. The van der Waals surface area contributed by atoms with Crippen molar-refractivity contribution in [2.24, 2.45) is 5.92 Å². The summed E-state index contributed by atoms with van der Waals surface area (Å²) in [6, 6.07) is 3.65. The zero-order valence-corrected chi connectivity index (χ0v) is 24.3. The molecule has 0 aromatic heterocycles. The Balaban J connectivity index is 2.98. The second-order valence-corrected chi connectivity index (χ2v) is 9.46. The van der Waals surface area contributed by atoms with Crippen molar-refractivity contribution in [3.05, 3.63) is 23.8 Å². The Morgan fingerprint density at radius 2 is 1.43 bits per heavy atom. The van der Waals surface area contributed by atoms with Crippen LogP contribution in [0.25, 0.3) is 0 Å². The predicted octanol–water partition coefficient (Wildman–Crippen LogP) is 5.19. The van der Waals surface area contributed by atoms with E-state index in [1.807, 2.05) is 27.7 Å². The van der Waals surface area contributed by atoms with Crippen molar-refractivity contribution in [1.82, 2.24) is 5.32 Å². The lowest BCUT2D eigenvalue weighted by Crippen LogP contribution is -2.43. The molecule has 12 heteroatoms. The highest BCUT2D eigenvalue weighted by atomic mass is 16.7. The molecule has 0 saturated carbocycles. The zero-order chi connectivity index (χ0) is 29.9. The third-order valence-corrected chi connectivity index (χ3v) is 5.24. The van der Waals surface area contributed by atoms with Gasteiger partial charge in [0.1, 0.15) is 12.1 Å². The SMILES string of the molecule is CCCCOC(=O)Oc1ccc(C[C@H](NCC(C)OC(=O)OCC(C)C)C(=O)OC)cc1OC(=O)OCCCC. The number of hydrogen-bond acceptors (Lipinski definition) is 12. The summed E-state index contributed by atoms with van der Waals surface area (Å²) in [6.07, 6.45) is -0.202. The van der Waals surface area contributed by atoms with Gasteiger partial charge in [0.2, 0.25) is 0 Å². The van der Waals surface area contributed by atoms with Crippen molar-refractivity contribution in [1.29, 1.82) is 0 Å². The lowest BCUT2D eigenvalue weighted by molar-refractivity contribution is -0.143. The average molecular weight is 570 g/mol. The zero-order valence-electron chi connectivity index (χ0n) is 24.3. The summed E-state index contributed by atoms with van der Waals surface area (Å²) in [7, 11) is 1.25. The van der Waals surface area contributed by atoms with Crippen LogP contribution in [0.2, 0.25) is 0 Å². The minimum atomic E-state index is -0.965. The molecule has 2 atom stereocenters. The van der Waals surface area contributed by atoms with E-state index in [2.05, 4.69) is 5.32 Å². The van der Waals surface area contributed by atoms with E-state index in [1.165, 1.54) is 19.2 Å². The number of esters is 1. The van der Waals surface area contributed by atoms with Crippen molar-refractivity contribution in [2.45, 2.75) is 78.9 Å². The van der Waals surface area contributed by atoms with Gasteiger partial charge in [-0.05, 0) is 49.8 Å². The van der Waals surface area contributed by atoms with Gasteiger partial charge in [-0.1, -0.05) is 46.6 Å². The van der Waals surface area contributed by atoms with E-state index in [-0.39, 0.29) is 50.2 Å². The van der Waals surface area contributed by atoms with Crippen LogP contribution in [0.1, 0.15) is 65.9 Å². The van der Waals surface area contributed by atoms with Crippen LogP contribution in [-0.2, 0) is 34.9 Å². The molecule has 0 aliphatic heterocycles. The van der Waals surface area contributed by atoms with Crippen molar-refractivity contribution >= 4 is 24.4 Å². The van der Waals surface area contributed by atoms with Crippen molar-refractivity contribution < 1.29 is 52.3 Å². The monoisotopic (exact) mass is 569 g/mol. The molecule has 226 valence electrons. The van der Waals surface area contributed by atoms with Crippen molar-refractivity contribution in [3.8, 4) is 11.5 Å². The molecule has 40 heavy (non-hydrogen) atoms. The van der Waals surface area contributed by atoms with Gasteiger partial charge in [0.25, 0.3) is 0 Å². The highest BCUT2D eigenvalue weighted by Crippen LogP contribution is 2.30. The molecule has 0 bridgehead atoms. The number of hydrogen-bond donors (Lipinski definition) is 1. The summed E-state index contributed by atoms with van der Waals surface area (Å²) in [5.41, 5.74) is 0.552. The van der Waals surface area contributed by atoms with E-state index < -0.39 is 36.6 Å². The summed E-state index contributed by atoms with van der Waals surface area (Å²) < 4.78 is 35.7. The second kappa shape index (κ2) is 19.5. The van der Waals surface area contributed by atoms with Crippen LogP contribution in [-0.4, -0.2) is 70.1 Å². The van der Waals surface area contributed by atoms with Crippen LogP contribution in [0.15, 0.2) is 18.2 Å². The van der Waals surface area contributed by atoms with Crippen molar-refractivity contribution in [3.63, 3.8) is 0 Å². The predicted molar refractivity (Wildman–Crippen MR) is 144 cm³/mol. The lowest BCUT2D eigenvalue weighted by atomic mass is 10.0. The highest BCUT2D eigenvalue weighted by molar-refractivity contribution is 5.76. The Bertz CT molecular complexity index is 935. The van der Waals surface area contributed by atoms with E-state index in [4.69, 9.17) is 33.2 Å². The van der Waals surface area contributed by atoms with E-state index >= 15 is 0 Å². The maximum Gasteiger partial charge on any atom is 0.513 e. The Hall–Kier alpha value is -3.54. The van der Waals surface area contributed by atoms with Crippen LogP contribution in [0.5, 0.6) is 11.5 Å². The summed E-state index contributed by atoms with van der Waals surface area (Å²) in [6.45, 7) is 10.1. The number of benzene rings is 1. The molecule has 0 spiro atoms. The Morgan fingerprint density at radius 3 is 1.98 bits per heavy atom. The average Bonchev–Trinajstić information content (AvgIpc) is 2.91. The molecule has 1 aromatic carbocycles. The van der Waals surface area contributed by atoms with Gasteiger partial charge >= 0.3 is 24.4 Å². The van der Waals surface area contributed by atoms with Gasteiger partial charge in [-0.25, -0.2) is 14.4 Å². The first-order chi connectivity index (χ1) is 19.1. The first kappa shape index (κ1) is 34.5. The number of unbranched alkanes of at least 4 members (excludes halogenated alkanes) is 2. The molecule has 0 fully saturated rings. The number of carbonyl (C=O) groups is 4. The molecule has 0 heterocycles. The molecule has 1 unspecified atom stereocenters. The van der Waals surface area contributed by atoms with Gasteiger partial charge in [-0.2, -0.15) is 0 Å². The molecule has 1 aromatic rings. The van der Waals surface area contributed by atoms with Crippen LogP contribution < -0.4 is 14.8 Å². The van der Waals surface area contributed by atoms with Crippen molar-refractivity contribution in [2.75, 3.05) is 33.5 Å². The summed E-state index contributed by atoms with van der Waals surface area (Å²) >= 11 is 0. The standard InChI is InChI=1S/C28H43NO11/c1-7-9-13-35-26(31)39-23-12-11-21(16-24(23)40-27(32)36-14-10-8-2)15-22(25(30)34-6)29-17-20(5)38-28(33)37-18-19(3)4/h11-12,16,19-20,22,29H,7-10,13-15,17-18H2,1-6H3/t20?,22-/m0/s1. The first-order valence-corrected chi connectivity index (χ1v) is 13.6. The fraction of sp³-hybridized carbons (Fsp3) is 0.643. The quantitative estimate of drug-likeness (QED) is 0.114. The van der Waals surface area contributed by atoms with E-state index in [0.29, 0.717) is 18.4 Å². The normalized spacial score (nSPS) is 12.2. The molecule has 0 aliphatic rings. The topological polar surface area (TPSA) is 145 Å². The summed E-state index contributed by atoms with van der Waals surface area (Å²) in [5, 5.41) is 3.01. The van der Waals surface area contributed by atoms with Gasteiger partial charge in [-0.15, -0.1) is 0 Å². The molecular formula is C28H43NO11. The Morgan fingerprint density at radius 1 is 0.825 bits per heavy atom. The van der Waals surface area contributed by atoms with Gasteiger partial charge < -0.3 is 38.5 Å². The van der Waals surface area contributed by atoms with E-state index in [9.17, 15) is 19.2 Å². The van der Waals surface area contributed by atoms with Gasteiger partial charge in [0, 0.05) is 6.54 Å². The van der Waals surface area contributed by atoms with Crippen LogP contribution >= 0.6 is 0 Å². The van der Waals surface area contributed by atoms with E-state index in [0.717, 1.165) is 12.8 Å². The van der Waals surface area contributed by atoms with Crippen LogP contribution in [0, 0.1) is 5.92 Å². The molecule has 1 rings (SSSR count). The minimum Gasteiger partial charge on any atom is -0.468 e. The van der Waals surface area contributed by atoms with Gasteiger partial charge in [-0.3, -0.25) is 4.79 Å². The Labute approximate surface area is 235 Å². The molecular weight excluding hydrogens is 526 g/mol. The third kappa shape index (κ3) is 14.6. The maximum absolute atomic E-state index is 12.5. The maximum atomic E-state index is 12.5. The number of ether oxygens (including phenoxy) is 7. The van der Waals surface area contributed by atoms with Crippen LogP contribution in [0.3, 0.4) is 0 Å². The number of rotatable bonds is 17. The number of methoxy groups -OCH3 is 1. The second-order valence-electron chi connectivity index (χ2n) is 9.46. The Kier molecular flexibility index (Phi) is 16.8. The number of carbonyl (C=O) groups excluding carboxylic acids is 4. The van der Waals surface area contributed by atoms with Crippen LogP contribution in [0.4, 0.5) is 14.4 Å². The van der Waals surface area contributed by atoms with E-state index in [1.54, 1.807) is 13.0 Å². The molecule has 0 saturated heterocycles. The third-order valence-electron chi connectivity index (χ3n) is 5.24. The minimum absolute atomic E-state index is 0.0535. The smallest absolute Gasteiger partial charge is 0.468 e. The van der Waals surface area contributed by atoms with Gasteiger partial charge in [0.15, 0.2) is 11.5 Å². The highest BCUT2D eigenvalue weighted by Gasteiger charge is 2.23. The molecule has 0 aliphatic carbocycles. The first-order valence-electron chi connectivity index (χ1n) is 13.6. The van der Waals surface area contributed by atoms with Gasteiger partial charge in [0.05, 0.1) is 26.9 Å². The summed E-state index contributed by atoms with van der Waals surface area (Å²) in [4.78, 5) is 48.6. The fourth-order valence-electron chi connectivity index (χ4n) is 3.08. The molecule has 0 amide bonds. The largest absolute Gasteiger partial charge is 0.513 e. The lowest BCUT2D eigenvalue weighted by Gasteiger charge is -2.20. The molecule has 12 nitrogen and oxygen atoms in total. The number of nitrogens with one attached hydrogen (secondary N) is 1. The fourth-order valence-corrected chi connectivity index (χ4v) is 3.08.